The van der Waals surface area contributed by atoms with Crippen LogP contribution in [0.2, 0.25) is 0 Å². The lowest BCUT2D eigenvalue weighted by molar-refractivity contribution is 0.0936. The van der Waals surface area contributed by atoms with Gasteiger partial charge in [0.05, 0.1) is 6.10 Å². The van der Waals surface area contributed by atoms with Gasteiger partial charge in [0, 0.05) is 0 Å². The van der Waals surface area contributed by atoms with Gasteiger partial charge in [-0.15, -0.1) is 0 Å². The molecule has 0 aromatic heterocycles. The number of hydrogen-bond donors (Lipinski definition) is 1. The summed E-state index contributed by atoms with van der Waals surface area (Å²) in [7, 11) is 0. The zero-order chi connectivity index (χ0) is 11.9. The predicted octanol–water partition coefficient (Wildman–Crippen LogP) is 3.92. The van der Waals surface area contributed by atoms with Gasteiger partial charge in [0.25, 0.3) is 0 Å². The first-order chi connectivity index (χ1) is 7.39. The van der Waals surface area contributed by atoms with Crippen molar-refractivity contribution in [3.63, 3.8) is 0 Å². The van der Waals surface area contributed by atoms with E-state index in [2.05, 4.69) is 27.7 Å². The second kappa shape index (κ2) is 4.18. The number of aliphatic hydroxyl groups excluding tert-OH is 1. The lowest BCUT2D eigenvalue weighted by Crippen LogP contribution is -2.27. The summed E-state index contributed by atoms with van der Waals surface area (Å²) >= 11 is 0. The zero-order valence-electron chi connectivity index (χ0n) is 11.2. The van der Waals surface area contributed by atoms with Crippen LogP contribution in [0, 0.1) is 17.3 Å². The van der Waals surface area contributed by atoms with E-state index in [9.17, 15) is 5.11 Å². The monoisotopic (exact) mass is 222 g/mol. The van der Waals surface area contributed by atoms with Gasteiger partial charge in [-0.3, -0.25) is 0 Å². The summed E-state index contributed by atoms with van der Waals surface area (Å²) in [6, 6.07) is 0. The maximum atomic E-state index is 10.1. The van der Waals surface area contributed by atoms with Crippen molar-refractivity contribution in [1.82, 2.24) is 0 Å². The highest BCUT2D eigenvalue weighted by Crippen LogP contribution is 2.48. The molecule has 0 aromatic carbocycles. The van der Waals surface area contributed by atoms with E-state index in [0.29, 0.717) is 5.41 Å². The molecular formula is C15H26O. The van der Waals surface area contributed by atoms with Crippen molar-refractivity contribution >= 4 is 0 Å². The Morgan fingerprint density at radius 1 is 1.25 bits per heavy atom. The molecule has 1 saturated carbocycles. The first-order valence-corrected chi connectivity index (χ1v) is 6.75. The Balaban J connectivity index is 2.31. The van der Waals surface area contributed by atoms with Crippen LogP contribution < -0.4 is 0 Å². The van der Waals surface area contributed by atoms with Gasteiger partial charge in [0.15, 0.2) is 0 Å². The van der Waals surface area contributed by atoms with Gasteiger partial charge in [-0.1, -0.05) is 31.9 Å². The maximum absolute atomic E-state index is 10.1. The molecule has 1 N–H and O–H groups in total. The molecule has 0 amide bonds. The minimum Gasteiger partial charge on any atom is -0.393 e. The molecule has 2 aliphatic rings. The van der Waals surface area contributed by atoms with Crippen LogP contribution in [0.4, 0.5) is 0 Å². The van der Waals surface area contributed by atoms with E-state index < -0.39 is 0 Å². The molecule has 0 unspecified atom stereocenters. The van der Waals surface area contributed by atoms with Gasteiger partial charge in [-0.25, -0.2) is 0 Å². The predicted molar refractivity (Wildman–Crippen MR) is 68.2 cm³/mol. The normalized spacial score (nSPS) is 43.7. The van der Waals surface area contributed by atoms with Crippen LogP contribution in [0.1, 0.15) is 59.8 Å². The Kier molecular flexibility index (Phi) is 3.18. The molecule has 2 rings (SSSR count). The van der Waals surface area contributed by atoms with E-state index >= 15 is 0 Å². The maximum Gasteiger partial charge on any atom is 0.0582 e. The fourth-order valence-corrected chi connectivity index (χ4v) is 3.84. The smallest absolute Gasteiger partial charge is 0.0582 e. The van der Waals surface area contributed by atoms with E-state index in [-0.39, 0.29) is 6.10 Å². The minimum absolute atomic E-state index is 0.126. The first-order valence-electron chi connectivity index (χ1n) is 6.75. The van der Waals surface area contributed by atoms with Gasteiger partial charge < -0.3 is 5.11 Å². The summed E-state index contributed by atoms with van der Waals surface area (Å²) in [4.78, 5) is 0. The van der Waals surface area contributed by atoms with Crippen LogP contribution >= 0.6 is 0 Å². The second-order valence-corrected chi connectivity index (χ2v) is 6.86. The van der Waals surface area contributed by atoms with Crippen molar-refractivity contribution in [2.24, 2.45) is 17.3 Å². The quantitative estimate of drug-likeness (QED) is 0.616. The molecule has 0 heterocycles. The second-order valence-electron chi connectivity index (χ2n) is 6.86. The van der Waals surface area contributed by atoms with Crippen molar-refractivity contribution < 1.29 is 5.11 Å². The standard InChI is InChI=1S/C15H26O/c1-10-5-6-13-11(2)7-12(16)8-15(3,4)9-14(10)13/h10,12,14,16H,5-9H2,1-4H3/b13-11-/t10-,12+,14+/m1/s1. The molecule has 1 fully saturated rings. The highest BCUT2D eigenvalue weighted by molar-refractivity contribution is 5.22. The summed E-state index contributed by atoms with van der Waals surface area (Å²) in [5.41, 5.74) is 3.46. The third-order valence-electron chi connectivity index (χ3n) is 4.65. The van der Waals surface area contributed by atoms with Gasteiger partial charge in [0.1, 0.15) is 0 Å². The van der Waals surface area contributed by atoms with Gasteiger partial charge in [-0.2, -0.15) is 0 Å². The molecule has 2 aliphatic carbocycles. The molecule has 0 saturated heterocycles. The van der Waals surface area contributed by atoms with Crippen molar-refractivity contribution in [2.45, 2.75) is 65.9 Å². The highest BCUT2D eigenvalue weighted by Gasteiger charge is 2.37. The topological polar surface area (TPSA) is 20.2 Å². The molecule has 0 spiro atoms. The Labute approximate surface area is 99.9 Å². The number of rotatable bonds is 0. The van der Waals surface area contributed by atoms with Crippen molar-refractivity contribution in [2.75, 3.05) is 0 Å². The molecule has 3 atom stereocenters. The summed E-state index contributed by atoms with van der Waals surface area (Å²) < 4.78 is 0. The first kappa shape index (κ1) is 12.2. The van der Waals surface area contributed by atoms with Crippen LogP contribution in [-0.4, -0.2) is 11.2 Å². The molecule has 16 heavy (non-hydrogen) atoms. The summed E-state index contributed by atoms with van der Waals surface area (Å²) in [5.74, 6) is 1.64. The van der Waals surface area contributed by atoms with Gasteiger partial charge in [-0.05, 0) is 56.3 Å². The fourth-order valence-electron chi connectivity index (χ4n) is 3.84. The van der Waals surface area contributed by atoms with E-state index in [1.807, 2.05) is 0 Å². The average molecular weight is 222 g/mol. The summed E-state index contributed by atoms with van der Waals surface area (Å²) in [5, 5.41) is 10.1. The molecule has 1 heteroatoms. The largest absolute Gasteiger partial charge is 0.393 e. The summed E-state index contributed by atoms with van der Waals surface area (Å²) in [6.07, 6.45) is 5.63. The fraction of sp³-hybridized carbons (Fsp3) is 0.867. The highest BCUT2D eigenvalue weighted by atomic mass is 16.3. The molecule has 0 radical (unpaired) electrons. The van der Waals surface area contributed by atoms with Crippen LogP contribution in [0.15, 0.2) is 11.1 Å². The lowest BCUT2D eigenvalue weighted by atomic mass is 9.71. The Hall–Kier alpha value is -0.300. The molecule has 1 nitrogen and oxygen atoms in total. The summed E-state index contributed by atoms with van der Waals surface area (Å²) in [6.45, 7) is 9.28. The number of aliphatic hydroxyl groups is 1. The van der Waals surface area contributed by atoms with E-state index in [4.69, 9.17) is 0 Å². The molecule has 0 bridgehead atoms. The number of hydrogen-bond acceptors (Lipinski definition) is 1. The molecular weight excluding hydrogens is 196 g/mol. The Morgan fingerprint density at radius 3 is 2.62 bits per heavy atom. The average Bonchev–Trinajstić information content (AvgIpc) is 2.44. The molecule has 0 aliphatic heterocycles. The van der Waals surface area contributed by atoms with Crippen molar-refractivity contribution in [3.8, 4) is 0 Å². The Bertz CT molecular complexity index is 301. The van der Waals surface area contributed by atoms with E-state index in [1.165, 1.54) is 24.8 Å². The third-order valence-corrected chi connectivity index (χ3v) is 4.65. The van der Waals surface area contributed by atoms with Gasteiger partial charge >= 0.3 is 0 Å². The SMILES string of the molecule is C/C1=C2\CC[C@@H](C)[C@@H]2CC(C)(C)C[C@@H](O)C1. The van der Waals surface area contributed by atoms with Crippen molar-refractivity contribution in [3.05, 3.63) is 11.1 Å². The van der Waals surface area contributed by atoms with Crippen LogP contribution in [0.3, 0.4) is 0 Å². The molecule has 92 valence electrons. The Morgan fingerprint density at radius 2 is 1.94 bits per heavy atom. The minimum atomic E-state index is -0.126. The molecule has 0 aromatic rings. The number of fused-ring (bicyclic) bond motifs is 1. The van der Waals surface area contributed by atoms with Crippen LogP contribution in [0.25, 0.3) is 0 Å². The van der Waals surface area contributed by atoms with E-state index in [1.54, 1.807) is 5.57 Å². The lowest BCUT2D eigenvalue weighted by Gasteiger charge is -2.35. The van der Waals surface area contributed by atoms with Crippen LogP contribution in [-0.2, 0) is 0 Å². The third kappa shape index (κ3) is 2.34. The zero-order valence-corrected chi connectivity index (χ0v) is 11.2. The van der Waals surface area contributed by atoms with Crippen LogP contribution in [0.5, 0.6) is 0 Å². The van der Waals surface area contributed by atoms with Gasteiger partial charge in [0.2, 0.25) is 0 Å². The van der Waals surface area contributed by atoms with Crippen molar-refractivity contribution in [1.29, 1.82) is 0 Å². The van der Waals surface area contributed by atoms with E-state index in [0.717, 1.165) is 24.7 Å². The number of allylic oxidation sites excluding steroid dienone is 1.